The van der Waals surface area contributed by atoms with Crippen molar-refractivity contribution in [3.05, 3.63) is 0 Å². The van der Waals surface area contributed by atoms with Gasteiger partial charge in [-0.2, -0.15) is 12.7 Å². The quantitative estimate of drug-likeness (QED) is 0.716. The molecular formula is C11H22N4O3S. The van der Waals surface area contributed by atoms with Gasteiger partial charge >= 0.3 is 6.03 Å². The second-order valence-electron chi connectivity index (χ2n) is 5.41. The van der Waals surface area contributed by atoms with Gasteiger partial charge in [-0.1, -0.05) is 6.92 Å². The lowest BCUT2D eigenvalue weighted by molar-refractivity contribution is 0.117. The van der Waals surface area contributed by atoms with Gasteiger partial charge in [0.05, 0.1) is 0 Å². The fraction of sp³-hybridized carbons (Fsp3) is 0.909. The van der Waals surface area contributed by atoms with Crippen molar-refractivity contribution in [2.24, 2.45) is 11.1 Å². The molecule has 8 heteroatoms. The Hall–Kier alpha value is -0.860. The molecule has 0 saturated carbocycles. The molecule has 19 heavy (non-hydrogen) atoms. The maximum absolute atomic E-state index is 12.3. The number of carbonyl (C=O) groups excluding carboxylic acids is 1. The van der Waals surface area contributed by atoms with Crippen LogP contribution in [0.25, 0.3) is 0 Å². The van der Waals surface area contributed by atoms with Gasteiger partial charge in [-0.05, 0) is 18.8 Å². The number of nitrogens with two attached hydrogens (primary N) is 1. The molecule has 1 atom stereocenters. The van der Waals surface area contributed by atoms with E-state index in [0.717, 1.165) is 19.5 Å². The van der Waals surface area contributed by atoms with Crippen LogP contribution in [-0.4, -0.2) is 67.8 Å². The van der Waals surface area contributed by atoms with Gasteiger partial charge in [-0.15, -0.1) is 0 Å². The summed E-state index contributed by atoms with van der Waals surface area (Å²) in [5.41, 5.74) is 0. The minimum absolute atomic E-state index is 0.0284. The van der Waals surface area contributed by atoms with Gasteiger partial charge in [0.2, 0.25) is 0 Å². The van der Waals surface area contributed by atoms with Gasteiger partial charge in [0.15, 0.2) is 0 Å². The maximum Gasteiger partial charge on any atom is 0.320 e. The molecule has 110 valence electrons. The monoisotopic (exact) mass is 290 g/mol. The molecule has 2 aliphatic rings. The van der Waals surface area contributed by atoms with Crippen LogP contribution >= 0.6 is 0 Å². The molecular weight excluding hydrogens is 268 g/mol. The molecule has 2 saturated heterocycles. The van der Waals surface area contributed by atoms with Crippen molar-refractivity contribution in [3.8, 4) is 0 Å². The molecule has 0 aliphatic carbocycles. The summed E-state index contributed by atoms with van der Waals surface area (Å²) in [6, 6.07) is 0.0284. The van der Waals surface area contributed by atoms with Crippen molar-refractivity contribution in [2.45, 2.75) is 19.8 Å². The molecule has 0 spiro atoms. The van der Waals surface area contributed by atoms with E-state index in [-0.39, 0.29) is 19.1 Å². The Morgan fingerprint density at radius 2 is 1.74 bits per heavy atom. The Balaban J connectivity index is 1.89. The normalized spacial score (nSPS) is 26.5. The van der Waals surface area contributed by atoms with Crippen LogP contribution in [0.1, 0.15) is 19.8 Å². The first-order valence-corrected chi connectivity index (χ1v) is 8.20. The van der Waals surface area contributed by atoms with Gasteiger partial charge in [0.25, 0.3) is 10.2 Å². The van der Waals surface area contributed by atoms with Crippen molar-refractivity contribution in [1.82, 2.24) is 14.1 Å². The van der Waals surface area contributed by atoms with Crippen LogP contribution in [0.3, 0.4) is 0 Å². The zero-order chi connectivity index (χ0) is 14.0. The SMILES string of the molecule is CC1CCCN(C(=O)N2CCN(S(N)(=O)=O)CC2)C1. The topological polar surface area (TPSA) is 86.9 Å². The lowest BCUT2D eigenvalue weighted by Gasteiger charge is -2.38. The van der Waals surface area contributed by atoms with Crippen molar-refractivity contribution < 1.29 is 13.2 Å². The molecule has 2 heterocycles. The average molecular weight is 290 g/mol. The zero-order valence-electron chi connectivity index (χ0n) is 11.3. The summed E-state index contributed by atoms with van der Waals surface area (Å²) in [7, 11) is -3.63. The number of piperazine rings is 1. The Morgan fingerprint density at radius 1 is 1.11 bits per heavy atom. The third kappa shape index (κ3) is 3.58. The van der Waals surface area contributed by atoms with Crippen molar-refractivity contribution in [2.75, 3.05) is 39.3 Å². The molecule has 7 nitrogen and oxygen atoms in total. The number of likely N-dealkylation sites (tertiary alicyclic amines) is 1. The summed E-state index contributed by atoms with van der Waals surface area (Å²) in [6.45, 7) is 5.16. The molecule has 2 N–H and O–H groups in total. The van der Waals surface area contributed by atoms with E-state index in [4.69, 9.17) is 5.14 Å². The molecule has 0 aromatic carbocycles. The van der Waals surface area contributed by atoms with E-state index >= 15 is 0 Å². The predicted octanol–water partition coefficient (Wildman–Crippen LogP) is -0.341. The first kappa shape index (κ1) is 14.5. The Labute approximate surface area is 114 Å². The van der Waals surface area contributed by atoms with E-state index in [0.29, 0.717) is 19.0 Å². The molecule has 0 aromatic heterocycles. The van der Waals surface area contributed by atoms with Crippen molar-refractivity contribution >= 4 is 16.2 Å². The molecule has 2 amide bonds. The van der Waals surface area contributed by atoms with E-state index in [1.165, 1.54) is 10.7 Å². The highest BCUT2D eigenvalue weighted by Crippen LogP contribution is 2.17. The molecule has 1 unspecified atom stereocenters. The molecule has 0 radical (unpaired) electrons. The predicted molar refractivity (Wildman–Crippen MR) is 71.6 cm³/mol. The first-order valence-electron chi connectivity index (χ1n) is 6.69. The lowest BCUT2D eigenvalue weighted by atomic mass is 10.0. The summed E-state index contributed by atoms with van der Waals surface area (Å²) < 4.78 is 23.6. The van der Waals surface area contributed by atoms with E-state index in [2.05, 4.69) is 6.92 Å². The number of piperidine rings is 1. The first-order chi connectivity index (χ1) is 8.88. The Morgan fingerprint density at radius 3 is 2.26 bits per heavy atom. The second kappa shape index (κ2) is 5.64. The fourth-order valence-electron chi connectivity index (χ4n) is 2.70. The van der Waals surface area contributed by atoms with Crippen LogP contribution in [0.5, 0.6) is 0 Å². The highest BCUT2D eigenvalue weighted by Gasteiger charge is 2.30. The lowest BCUT2D eigenvalue weighted by Crippen LogP contribution is -2.56. The molecule has 2 rings (SSSR count). The number of urea groups is 1. The number of amides is 2. The molecule has 0 aromatic rings. The van der Waals surface area contributed by atoms with E-state index in [1.54, 1.807) is 4.90 Å². The third-order valence-electron chi connectivity index (χ3n) is 3.80. The van der Waals surface area contributed by atoms with E-state index in [9.17, 15) is 13.2 Å². The minimum atomic E-state index is -3.63. The Kier molecular flexibility index (Phi) is 4.32. The largest absolute Gasteiger partial charge is 0.324 e. The van der Waals surface area contributed by atoms with E-state index in [1.807, 2.05) is 4.90 Å². The van der Waals surface area contributed by atoms with Crippen LogP contribution in [0.4, 0.5) is 4.79 Å². The standard InChI is InChI=1S/C11H22N4O3S/c1-10-3-2-4-14(9-10)11(16)13-5-7-15(8-6-13)19(12,17)18/h10H,2-9H2,1H3,(H2,12,17,18). The second-order valence-corrected chi connectivity index (χ2v) is 6.95. The number of hydrogen-bond donors (Lipinski definition) is 1. The van der Waals surface area contributed by atoms with Crippen molar-refractivity contribution in [3.63, 3.8) is 0 Å². The van der Waals surface area contributed by atoms with Gasteiger partial charge in [-0.25, -0.2) is 9.93 Å². The number of rotatable bonds is 1. The fourth-order valence-corrected chi connectivity index (χ4v) is 3.37. The van der Waals surface area contributed by atoms with Crippen LogP contribution in [0, 0.1) is 5.92 Å². The molecule has 0 bridgehead atoms. The van der Waals surface area contributed by atoms with E-state index < -0.39 is 10.2 Å². The number of hydrogen-bond acceptors (Lipinski definition) is 3. The minimum Gasteiger partial charge on any atom is -0.324 e. The van der Waals surface area contributed by atoms with Crippen LogP contribution in [0.15, 0.2) is 0 Å². The smallest absolute Gasteiger partial charge is 0.320 e. The van der Waals surface area contributed by atoms with Gasteiger partial charge in [0.1, 0.15) is 0 Å². The Bertz CT molecular complexity index is 431. The van der Waals surface area contributed by atoms with Crippen LogP contribution < -0.4 is 5.14 Å². The van der Waals surface area contributed by atoms with Gasteiger partial charge in [-0.3, -0.25) is 0 Å². The highest BCUT2D eigenvalue weighted by atomic mass is 32.2. The molecule has 2 aliphatic heterocycles. The molecule has 2 fully saturated rings. The summed E-state index contributed by atoms with van der Waals surface area (Å²) in [5, 5.41) is 5.08. The number of nitrogens with zero attached hydrogens (tertiary/aromatic N) is 3. The third-order valence-corrected chi connectivity index (χ3v) is 4.88. The van der Waals surface area contributed by atoms with Gasteiger partial charge < -0.3 is 9.80 Å². The summed E-state index contributed by atoms with van der Waals surface area (Å²) in [5.74, 6) is 0.545. The number of carbonyl (C=O) groups is 1. The average Bonchev–Trinajstić information content (AvgIpc) is 2.37. The van der Waals surface area contributed by atoms with Crippen molar-refractivity contribution in [1.29, 1.82) is 0 Å². The summed E-state index contributed by atoms with van der Waals surface area (Å²) in [6.07, 6.45) is 2.22. The summed E-state index contributed by atoms with van der Waals surface area (Å²) in [4.78, 5) is 15.9. The zero-order valence-corrected chi connectivity index (χ0v) is 12.1. The van der Waals surface area contributed by atoms with Crippen LogP contribution in [-0.2, 0) is 10.2 Å². The summed E-state index contributed by atoms with van der Waals surface area (Å²) >= 11 is 0. The van der Waals surface area contributed by atoms with Crippen LogP contribution in [0.2, 0.25) is 0 Å². The highest BCUT2D eigenvalue weighted by molar-refractivity contribution is 7.86. The maximum atomic E-state index is 12.3. The van der Waals surface area contributed by atoms with Gasteiger partial charge in [0, 0.05) is 39.3 Å².